The number of nitrogens with two attached hydrogens (primary N) is 1. The topological polar surface area (TPSA) is 64.4 Å². The van der Waals surface area contributed by atoms with Gasteiger partial charge in [-0.05, 0) is 25.0 Å². The van der Waals surface area contributed by atoms with Crippen LogP contribution in [0.4, 0.5) is 5.69 Å². The van der Waals surface area contributed by atoms with Crippen molar-refractivity contribution in [2.24, 2.45) is 5.73 Å². The third kappa shape index (κ3) is 3.35. The number of methoxy groups -OCH3 is 1. The summed E-state index contributed by atoms with van der Waals surface area (Å²) in [6, 6.07) is 2.92. The zero-order valence-electron chi connectivity index (χ0n) is 10.2. The van der Waals surface area contributed by atoms with Crippen LogP contribution in [0.5, 0.6) is 5.75 Å². The van der Waals surface area contributed by atoms with E-state index in [4.69, 9.17) is 22.1 Å². The Morgan fingerprint density at radius 3 is 2.76 bits per heavy atom. The first-order valence-electron chi connectivity index (χ1n) is 5.40. The number of ether oxygens (including phenoxy) is 1. The molecule has 17 heavy (non-hydrogen) atoms. The largest absolute Gasteiger partial charge is 0.495 e. The summed E-state index contributed by atoms with van der Waals surface area (Å²) >= 11 is 5.97. The van der Waals surface area contributed by atoms with Crippen LogP contribution in [0, 0.1) is 6.92 Å². The Bertz CT molecular complexity index is 421. The van der Waals surface area contributed by atoms with Gasteiger partial charge in [-0.15, -0.1) is 0 Å². The van der Waals surface area contributed by atoms with E-state index < -0.39 is 6.04 Å². The Kier molecular flexibility index (Phi) is 4.78. The molecule has 3 N–H and O–H groups in total. The first-order valence-corrected chi connectivity index (χ1v) is 5.78. The van der Waals surface area contributed by atoms with Gasteiger partial charge in [0.1, 0.15) is 5.75 Å². The van der Waals surface area contributed by atoms with Crippen molar-refractivity contribution in [3.05, 3.63) is 22.7 Å². The molecule has 0 heterocycles. The highest BCUT2D eigenvalue weighted by Crippen LogP contribution is 2.30. The molecule has 4 nitrogen and oxygen atoms in total. The van der Waals surface area contributed by atoms with E-state index in [9.17, 15) is 4.79 Å². The number of anilines is 1. The van der Waals surface area contributed by atoms with E-state index in [1.807, 2.05) is 13.8 Å². The number of benzene rings is 1. The van der Waals surface area contributed by atoms with Gasteiger partial charge >= 0.3 is 0 Å². The second-order valence-corrected chi connectivity index (χ2v) is 4.21. The first-order chi connectivity index (χ1) is 7.99. The monoisotopic (exact) mass is 256 g/mol. The summed E-state index contributed by atoms with van der Waals surface area (Å²) in [5, 5.41) is 3.33. The molecule has 0 aliphatic carbocycles. The highest BCUT2D eigenvalue weighted by molar-refractivity contribution is 6.31. The lowest BCUT2D eigenvalue weighted by molar-refractivity contribution is -0.117. The smallest absolute Gasteiger partial charge is 0.241 e. The van der Waals surface area contributed by atoms with E-state index in [-0.39, 0.29) is 5.91 Å². The van der Waals surface area contributed by atoms with Crippen LogP contribution >= 0.6 is 11.6 Å². The molecule has 0 spiro atoms. The fraction of sp³-hybridized carbons (Fsp3) is 0.417. The predicted octanol–water partition coefficient (Wildman–Crippen LogP) is 2.33. The minimum absolute atomic E-state index is 0.229. The van der Waals surface area contributed by atoms with Crippen LogP contribution in [0.1, 0.15) is 18.9 Å². The summed E-state index contributed by atoms with van der Waals surface area (Å²) in [5.41, 5.74) is 7.10. The molecule has 94 valence electrons. The maximum atomic E-state index is 11.7. The summed E-state index contributed by atoms with van der Waals surface area (Å²) < 4.78 is 5.16. The maximum Gasteiger partial charge on any atom is 0.241 e. The molecule has 0 aliphatic heterocycles. The molecule has 0 unspecified atom stereocenters. The minimum Gasteiger partial charge on any atom is -0.495 e. The van der Waals surface area contributed by atoms with E-state index >= 15 is 0 Å². The van der Waals surface area contributed by atoms with E-state index in [2.05, 4.69) is 5.32 Å². The van der Waals surface area contributed by atoms with Crippen LogP contribution in [-0.4, -0.2) is 19.1 Å². The van der Waals surface area contributed by atoms with E-state index in [1.54, 1.807) is 12.1 Å². The Labute approximate surface area is 106 Å². The summed E-state index contributed by atoms with van der Waals surface area (Å²) in [4.78, 5) is 11.7. The Morgan fingerprint density at radius 2 is 2.24 bits per heavy atom. The molecule has 0 bridgehead atoms. The van der Waals surface area contributed by atoms with Crippen LogP contribution in [0.25, 0.3) is 0 Å². The second kappa shape index (κ2) is 5.89. The van der Waals surface area contributed by atoms with Crippen LogP contribution in [0.15, 0.2) is 12.1 Å². The molecular weight excluding hydrogens is 240 g/mol. The van der Waals surface area contributed by atoms with Gasteiger partial charge in [-0.1, -0.05) is 18.5 Å². The van der Waals surface area contributed by atoms with Gasteiger partial charge in [0, 0.05) is 11.1 Å². The quantitative estimate of drug-likeness (QED) is 0.869. The Hall–Kier alpha value is -1.26. The fourth-order valence-electron chi connectivity index (χ4n) is 1.34. The van der Waals surface area contributed by atoms with Crippen molar-refractivity contribution in [3.8, 4) is 5.75 Å². The van der Waals surface area contributed by atoms with E-state index in [0.717, 1.165) is 5.56 Å². The van der Waals surface area contributed by atoms with Crippen molar-refractivity contribution in [1.29, 1.82) is 0 Å². The number of halogens is 1. The van der Waals surface area contributed by atoms with Crippen molar-refractivity contribution < 1.29 is 9.53 Å². The lowest BCUT2D eigenvalue weighted by Gasteiger charge is -2.14. The third-order valence-electron chi connectivity index (χ3n) is 2.52. The van der Waals surface area contributed by atoms with Crippen molar-refractivity contribution in [2.75, 3.05) is 12.4 Å². The standard InChI is InChI=1S/C12H17ClN2O2/c1-4-9(14)12(16)15-10-5-7(2)8(13)6-11(10)17-3/h5-6,9H,4,14H2,1-3H3,(H,15,16)/t9-/m1/s1. The van der Waals surface area contributed by atoms with Gasteiger partial charge in [0.05, 0.1) is 18.8 Å². The van der Waals surface area contributed by atoms with Crippen molar-refractivity contribution >= 4 is 23.2 Å². The van der Waals surface area contributed by atoms with Crippen LogP contribution in [0.2, 0.25) is 5.02 Å². The van der Waals surface area contributed by atoms with E-state index in [1.165, 1.54) is 7.11 Å². The van der Waals surface area contributed by atoms with Gasteiger partial charge in [-0.2, -0.15) is 0 Å². The Balaban J connectivity index is 2.97. The van der Waals surface area contributed by atoms with E-state index in [0.29, 0.717) is 22.9 Å². The van der Waals surface area contributed by atoms with Gasteiger partial charge in [-0.3, -0.25) is 4.79 Å². The molecule has 0 aromatic heterocycles. The van der Waals surface area contributed by atoms with Crippen molar-refractivity contribution in [1.82, 2.24) is 0 Å². The summed E-state index contributed by atoms with van der Waals surface area (Å²) in [6.45, 7) is 3.71. The summed E-state index contributed by atoms with van der Waals surface area (Å²) in [7, 11) is 1.52. The average molecular weight is 257 g/mol. The molecule has 0 saturated heterocycles. The molecule has 1 atom stereocenters. The first kappa shape index (κ1) is 13.8. The fourth-order valence-corrected chi connectivity index (χ4v) is 1.49. The Morgan fingerprint density at radius 1 is 1.59 bits per heavy atom. The van der Waals surface area contributed by atoms with Gasteiger partial charge in [-0.25, -0.2) is 0 Å². The van der Waals surface area contributed by atoms with Crippen LogP contribution < -0.4 is 15.8 Å². The SMILES string of the molecule is CC[C@@H](N)C(=O)Nc1cc(C)c(Cl)cc1OC. The molecule has 0 aliphatic rings. The lowest BCUT2D eigenvalue weighted by Crippen LogP contribution is -2.34. The minimum atomic E-state index is -0.518. The molecule has 0 fully saturated rings. The molecule has 1 amide bonds. The number of rotatable bonds is 4. The summed E-state index contributed by atoms with van der Waals surface area (Å²) in [6.07, 6.45) is 0.584. The van der Waals surface area contributed by atoms with Gasteiger partial charge < -0.3 is 15.8 Å². The number of carbonyl (C=O) groups is 1. The van der Waals surface area contributed by atoms with Crippen molar-refractivity contribution in [3.63, 3.8) is 0 Å². The van der Waals surface area contributed by atoms with Crippen LogP contribution in [0.3, 0.4) is 0 Å². The maximum absolute atomic E-state index is 11.7. The second-order valence-electron chi connectivity index (χ2n) is 3.81. The van der Waals surface area contributed by atoms with Crippen molar-refractivity contribution in [2.45, 2.75) is 26.3 Å². The zero-order chi connectivity index (χ0) is 13.0. The van der Waals surface area contributed by atoms with Gasteiger partial charge in [0.15, 0.2) is 0 Å². The van der Waals surface area contributed by atoms with Crippen LogP contribution in [-0.2, 0) is 4.79 Å². The van der Waals surface area contributed by atoms with Gasteiger partial charge in [0.25, 0.3) is 0 Å². The van der Waals surface area contributed by atoms with Gasteiger partial charge in [0.2, 0.25) is 5.91 Å². The number of aryl methyl sites for hydroxylation is 1. The zero-order valence-corrected chi connectivity index (χ0v) is 11.0. The summed E-state index contributed by atoms with van der Waals surface area (Å²) in [5.74, 6) is 0.296. The highest BCUT2D eigenvalue weighted by atomic mass is 35.5. The molecule has 0 saturated carbocycles. The molecule has 1 rings (SSSR count). The number of amides is 1. The number of hydrogen-bond acceptors (Lipinski definition) is 3. The molecule has 1 aromatic carbocycles. The highest BCUT2D eigenvalue weighted by Gasteiger charge is 2.14. The molecular formula is C12H17ClN2O2. The average Bonchev–Trinajstić information content (AvgIpc) is 2.32. The molecule has 5 heteroatoms. The predicted molar refractivity (Wildman–Crippen MR) is 69.6 cm³/mol. The molecule has 0 radical (unpaired) electrons. The third-order valence-corrected chi connectivity index (χ3v) is 2.92. The number of carbonyl (C=O) groups excluding carboxylic acids is 1. The number of hydrogen-bond donors (Lipinski definition) is 2. The molecule has 1 aromatic rings. The number of nitrogens with one attached hydrogen (secondary N) is 1. The lowest BCUT2D eigenvalue weighted by atomic mass is 10.2. The normalized spacial score (nSPS) is 12.1.